The molecule has 22 heavy (non-hydrogen) atoms. The molecule has 0 aliphatic rings. The minimum atomic E-state index is -1.05. The van der Waals surface area contributed by atoms with E-state index in [-0.39, 0.29) is 10.3 Å². The number of nitrogens with zero attached hydrogens (tertiary/aromatic N) is 1. The number of rotatable bonds is 5. The number of carboxylic acid groups (broad SMARTS) is 1. The smallest absolute Gasteiger partial charge is 0.328 e. The predicted octanol–water partition coefficient (Wildman–Crippen LogP) is 2.95. The number of carboxylic acids is 1. The van der Waals surface area contributed by atoms with Crippen molar-refractivity contribution in [1.29, 1.82) is 0 Å². The molecule has 0 fully saturated rings. The van der Waals surface area contributed by atoms with Crippen LogP contribution < -0.4 is 5.56 Å². The molecule has 0 atom stereocenters. The van der Waals surface area contributed by atoms with E-state index in [9.17, 15) is 9.59 Å². The molecule has 114 valence electrons. The summed E-state index contributed by atoms with van der Waals surface area (Å²) in [5.41, 5.74) is 1.64. The number of nitrogens with one attached hydrogen (secondary N) is 1. The highest BCUT2D eigenvalue weighted by Gasteiger charge is 2.09. The van der Waals surface area contributed by atoms with Gasteiger partial charge >= 0.3 is 5.97 Å². The minimum absolute atomic E-state index is 0.179. The standard InChI is InChI=1S/C16H16N2O3S/c1-2-5-12-10-17-16(22)18(15(12)21)13-7-4-3-6-11(13)8-9-14(19)20/h3-4,6-10H,2,5H2,1H3,(H,17,22)(H,19,20). The molecule has 0 radical (unpaired) electrons. The summed E-state index contributed by atoms with van der Waals surface area (Å²) in [4.78, 5) is 26.2. The first kappa shape index (κ1) is 15.9. The average molecular weight is 316 g/mol. The molecule has 2 aromatic rings. The van der Waals surface area contributed by atoms with Crippen LogP contribution in [0.15, 0.2) is 41.3 Å². The lowest BCUT2D eigenvalue weighted by atomic mass is 10.1. The predicted molar refractivity (Wildman–Crippen MR) is 87.9 cm³/mol. The van der Waals surface area contributed by atoms with Gasteiger partial charge in [0, 0.05) is 17.8 Å². The Bertz CT molecular complexity index is 834. The van der Waals surface area contributed by atoms with Gasteiger partial charge in [0.2, 0.25) is 0 Å². The fourth-order valence-electron chi connectivity index (χ4n) is 2.17. The maximum Gasteiger partial charge on any atom is 0.328 e. The third-order valence-corrected chi connectivity index (χ3v) is 3.45. The van der Waals surface area contributed by atoms with Crippen LogP contribution >= 0.6 is 12.2 Å². The van der Waals surface area contributed by atoms with Crippen LogP contribution in [0.2, 0.25) is 0 Å². The molecule has 0 aliphatic carbocycles. The molecule has 0 bridgehead atoms. The number of H-pyrrole nitrogens is 1. The van der Waals surface area contributed by atoms with Crippen molar-refractivity contribution in [2.75, 3.05) is 0 Å². The Hall–Kier alpha value is -2.47. The molecule has 2 N–H and O–H groups in total. The second-order valence-electron chi connectivity index (χ2n) is 4.74. The summed E-state index contributed by atoms with van der Waals surface area (Å²) in [7, 11) is 0. The normalized spacial score (nSPS) is 11.0. The van der Waals surface area contributed by atoms with Gasteiger partial charge in [0.15, 0.2) is 4.77 Å². The molecular formula is C16H16N2O3S. The number of carbonyl (C=O) groups is 1. The van der Waals surface area contributed by atoms with Gasteiger partial charge in [0.1, 0.15) is 0 Å². The van der Waals surface area contributed by atoms with Crippen LogP contribution in [0.5, 0.6) is 0 Å². The van der Waals surface area contributed by atoms with Crippen LogP contribution in [0.4, 0.5) is 0 Å². The fourth-order valence-corrected chi connectivity index (χ4v) is 2.41. The number of aromatic nitrogens is 2. The summed E-state index contributed by atoms with van der Waals surface area (Å²) in [6.07, 6.45) is 5.62. The van der Waals surface area contributed by atoms with Crippen molar-refractivity contribution in [3.63, 3.8) is 0 Å². The van der Waals surface area contributed by atoms with E-state index in [0.717, 1.165) is 12.5 Å². The van der Waals surface area contributed by atoms with E-state index in [2.05, 4.69) is 4.98 Å². The Kier molecular flexibility index (Phi) is 5.06. The molecule has 0 saturated carbocycles. The third-order valence-electron chi connectivity index (χ3n) is 3.15. The highest BCUT2D eigenvalue weighted by molar-refractivity contribution is 7.71. The maximum absolute atomic E-state index is 12.6. The number of hydrogen-bond donors (Lipinski definition) is 2. The molecule has 1 aromatic heterocycles. The van der Waals surface area contributed by atoms with Crippen LogP contribution in [0.1, 0.15) is 24.5 Å². The van der Waals surface area contributed by atoms with Gasteiger partial charge in [-0.3, -0.25) is 9.36 Å². The van der Waals surface area contributed by atoms with Crippen molar-refractivity contribution in [3.8, 4) is 5.69 Å². The van der Waals surface area contributed by atoms with Gasteiger partial charge in [-0.1, -0.05) is 31.5 Å². The topological polar surface area (TPSA) is 75.1 Å². The first-order valence-corrected chi connectivity index (χ1v) is 7.29. The van der Waals surface area contributed by atoms with E-state index in [1.807, 2.05) is 6.92 Å². The molecule has 5 nitrogen and oxygen atoms in total. The van der Waals surface area contributed by atoms with E-state index in [0.29, 0.717) is 23.2 Å². The van der Waals surface area contributed by atoms with Gasteiger partial charge in [-0.2, -0.15) is 0 Å². The Balaban J connectivity index is 2.67. The molecular weight excluding hydrogens is 300 g/mol. The first-order chi connectivity index (χ1) is 10.5. The summed E-state index contributed by atoms with van der Waals surface area (Å²) in [5, 5.41) is 8.78. The highest BCUT2D eigenvalue weighted by atomic mass is 32.1. The average Bonchev–Trinajstić information content (AvgIpc) is 2.49. The lowest BCUT2D eigenvalue weighted by Crippen LogP contribution is -2.24. The number of hydrogen-bond acceptors (Lipinski definition) is 3. The zero-order valence-electron chi connectivity index (χ0n) is 12.1. The van der Waals surface area contributed by atoms with Gasteiger partial charge in [-0.25, -0.2) is 4.79 Å². The second-order valence-corrected chi connectivity index (χ2v) is 5.13. The van der Waals surface area contributed by atoms with Gasteiger partial charge in [0.05, 0.1) is 5.69 Å². The molecule has 0 spiro atoms. The maximum atomic E-state index is 12.6. The van der Waals surface area contributed by atoms with Crippen molar-refractivity contribution in [2.45, 2.75) is 19.8 Å². The Morgan fingerprint density at radius 3 is 2.82 bits per heavy atom. The lowest BCUT2D eigenvalue weighted by molar-refractivity contribution is -0.131. The molecule has 0 saturated heterocycles. The van der Waals surface area contributed by atoms with E-state index in [1.165, 1.54) is 10.6 Å². The first-order valence-electron chi connectivity index (χ1n) is 6.88. The van der Waals surface area contributed by atoms with Crippen molar-refractivity contribution in [1.82, 2.24) is 9.55 Å². The van der Waals surface area contributed by atoms with Crippen molar-refractivity contribution in [3.05, 3.63) is 62.8 Å². The summed E-state index contributed by atoms with van der Waals surface area (Å²) in [6, 6.07) is 7.03. The van der Waals surface area contributed by atoms with Gasteiger partial charge in [-0.15, -0.1) is 0 Å². The largest absolute Gasteiger partial charge is 0.478 e. The number of aromatic amines is 1. The van der Waals surface area contributed by atoms with Crippen molar-refractivity contribution < 1.29 is 9.90 Å². The minimum Gasteiger partial charge on any atom is -0.478 e. The van der Waals surface area contributed by atoms with Crippen LogP contribution in [0.25, 0.3) is 11.8 Å². The van der Waals surface area contributed by atoms with E-state index in [1.54, 1.807) is 30.5 Å². The number of aryl methyl sites for hydroxylation is 1. The SMILES string of the molecule is CCCc1c[nH]c(=S)n(-c2ccccc2C=CC(=O)O)c1=O. The second kappa shape index (κ2) is 7.00. The Labute approximate surface area is 132 Å². The van der Waals surface area contributed by atoms with E-state index < -0.39 is 5.97 Å². The lowest BCUT2D eigenvalue weighted by Gasteiger charge is -2.11. The molecule has 2 rings (SSSR count). The van der Waals surface area contributed by atoms with Gasteiger partial charge in [0.25, 0.3) is 5.56 Å². The molecule has 6 heteroatoms. The van der Waals surface area contributed by atoms with Crippen molar-refractivity contribution in [2.24, 2.45) is 0 Å². The van der Waals surface area contributed by atoms with Crippen LogP contribution in [0, 0.1) is 4.77 Å². The molecule has 1 aromatic carbocycles. The van der Waals surface area contributed by atoms with E-state index >= 15 is 0 Å². The summed E-state index contributed by atoms with van der Waals surface area (Å²) >= 11 is 5.23. The Morgan fingerprint density at radius 1 is 1.41 bits per heavy atom. The van der Waals surface area contributed by atoms with E-state index in [4.69, 9.17) is 17.3 Å². The highest BCUT2D eigenvalue weighted by Crippen LogP contribution is 2.15. The molecule has 0 unspecified atom stereocenters. The zero-order chi connectivity index (χ0) is 16.1. The Morgan fingerprint density at radius 2 is 2.14 bits per heavy atom. The van der Waals surface area contributed by atoms with Crippen LogP contribution in [0.3, 0.4) is 0 Å². The summed E-state index contributed by atoms with van der Waals surface area (Å²) in [6.45, 7) is 1.99. The third kappa shape index (κ3) is 3.40. The molecule has 0 amide bonds. The molecule has 0 aliphatic heterocycles. The summed E-state index contributed by atoms with van der Waals surface area (Å²) in [5.74, 6) is -1.05. The molecule has 1 heterocycles. The van der Waals surface area contributed by atoms with Crippen LogP contribution in [-0.4, -0.2) is 20.6 Å². The van der Waals surface area contributed by atoms with Gasteiger partial charge < -0.3 is 10.1 Å². The number of para-hydroxylation sites is 1. The number of benzene rings is 1. The van der Waals surface area contributed by atoms with Crippen molar-refractivity contribution >= 4 is 24.3 Å². The quantitative estimate of drug-likeness (QED) is 0.657. The monoisotopic (exact) mass is 316 g/mol. The van der Waals surface area contributed by atoms with Gasteiger partial charge in [-0.05, 0) is 36.3 Å². The fraction of sp³-hybridized carbons (Fsp3) is 0.188. The number of aliphatic carboxylic acids is 1. The van der Waals surface area contributed by atoms with Crippen LogP contribution in [-0.2, 0) is 11.2 Å². The summed E-state index contributed by atoms with van der Waals surface area (Å²) < 4.78 is 1.68. The zero-order valence-corrected chi connectivity index (χ0v) is 12.9.